The molecule has 2 aromatic rings. The molecule has 5 heteroatoms. The van der Waals surface area contributed by atoms with Crippen LogP contribution >= 0.6 is 11.6 Å². The summed E-state index contributed by atoms with van der Waals surface area (Å²) in [4.78, 5) is 0. The van der Waals surface area contributed by atoms with Gasteiger partial charge in [-0.25, -0.2) is 0 Å². The smallest absolute Gasteiger partial charge is 0.163 e. The van der Waals surface area contributed by atoms with E-state index in [1.807, 2.05) is 32.2 Å². The van der Waals surface area contributed by atoms with Crippen LogP contribution in [-0.4, -0.2) is 26.7 Å². The van der Waals surface area contributed by atoms with Crippen LogP contribution in [0.5, 0.6) is 11.5 Å². The maximum atomic E-state index is 6.46. The Morgan fingerprint density at radius 2 is 1.85 bits per heavy atom. The quantitative estimate of drug-likeness (QED) is 0.573. The minimum absolute atomic E-state index is 0.486. The molecular formula is C21H29ClN2O2. The largest absolute Gasteiger partial charge is 0.490 e. The molecule has 0 unspecified atom stereocenters. The van der Waals surface area contributed by atoms with E-state index in [4.69, 9.17) is 21.1 Å². The molecule has 0 aliphatic carbocycles. The highest BCUT2D eigenvalue weighted by Crippen LogP contribution is 2.34. The zero-order chi connectivity index (χ0) is 18.8. The molecule has 0 aliphatic rings. The number of aryl methyl sites for hydroxylation is 1. The van der Waals surface area contributed by atoms with Crippen LogP contribution < -0.4 is 20.1 Å². The summed E-state index contributed by atoms with van der Waals surface area (Å²) in [5.41, 5.74) is 3.36. The molecule has 0 heterocycles. The van der Waals surface area contributed by atoms with Gasteiger partial charge in [-0.15, -0.1) is 0 Å². The maximum Gasteiger partial charge on any atom is 0.163 e. The molecule has 2 aromatic carbocycles. The Morgan fingerprint density at radius 1 is 1.04 bits per heavy atom. The molecule has 4 nitrogen and oxygen atoms in total. The molecule has 0 amide bonds. The fraction of sp³-hybridized carbons (Fsp3) is 0.429. The lowest BCUT2D eigenvalue weighted by Gasteiger charge is -2.15. The van der Waals surface area contributed by atoms with Gasteiger partial charge >= 0.3 is 0 Å². The molecule has 26 heavy (non-hydrogen) atoms. The second kappa shape index (κ2) is 11.1. The van der Waals surface area contributed by atoms with Crippen molar-refractivity contribution in [3.05, 3.63) is 58.1 Å². The predicted octanol–water partition coefficient (Wildman–Crippen LogP) is 4.33. The minimum atomic E-state index is 0.486. The first kappa shape index (κ1) is 20.6. The minimum Gasteiger partial charge on any atom is -0.490 e. The number of ether oxygens (including phenoxy) is 2. The topological polar surface area (TPSA) is 42.5 Å². The molecule has 142 valence electrons. The van der Waals surface area contributed by atoms with E-state index in [2.05, 4.69) is 35.8 Å². The number of hydrogen-bond donors (Lipinski definition) is 2. The molecule has 0 radical (unpaired) electrons. The maximum absolute atomic E-state index is 6.46. The zero-order valence-corrected chi connectivity index (χ0v) is 16.7. The van der Waals surface area contributed by atoms with Crippen molar-refractivity contribution < 1.29 is 9.47 Å². The molecule has 2 rings (SSSR count). The zero-order valence-electron chi connectivity index (χ0n) is 15.9. The number of rotatable bonds is 11. The summed E-state index contributed by atoms with van der Waals surface area (Å²) >= 11 is 6.46. The van der Waals surface area contributed by atoms with Crippen LogP contribution in [0.1, 0.15) is 30.0 Å². The fourth-order valence-electron chi connectivity index (χ4n) is 2.67. The van der Waals surface area contributed by atoms with Crippen LogP contribution in [0.15, 0.2) is 36.4 Å². The summed E-state index contributed by atoms with van der Waals surface area (Å²) in [5, 5.41) is 7.24. The van der Waals surface area contributed by atoms with E-state index in [0.29, 0.717) is 30.5 Å². The van der Waals surface area contributed by atoms with Crippen molar-refractivity contribution in [1.82, 2.24) is 10.6 Å². The highest BCUT2D eigenvalue weighted by atomic mass is 35.5. The molecule has 0 saturated carbocycles. The fourth-order valence-corrected chi connectivity index (χ4v) is 2.89. The van der Waals surface area contributed by atoms with E-state index in [0.717, 1.165) is 36.4 Å². The molecule has 0 spiro atoms. The lowest BCUT2D eigenvalue weighted by molar-refractivity contribution is 0.269. The van der Waals surface area contributed by atoms with E-state index in [9.17, 15) is 0 Å². The lowest BCUT2D eigenvalue weighted by atomic mass is 10.1. The molecule has 0 fully saturated rings. The Labute approximate surface area is 161 Å². The first-order valence-electron chi connectivity index (χ1n) is 9.13. The molecule has 0 bridgehead atoms. The predicted molar refractivity (Wildman–Crippen MR) is 108 cm³/mol. The summed E-state index contributed by atoms with van der Waals surface area (Å²) in [7, 11) is 1.96. The van der Waals surface area contributed by atoms with E-state index in [-0.39, 0.29) is 0 Å². The Bertz CT molecular complexity index is 692. The van der Waals surface area contributed by atoms with Crippen molar-refractivity contribution in [2.45, 2.75) is 33.4 Å². The van der Waals surface area contributed by atoms with E-state index in [1.165, 1.54) is 5.56 Å². The van der Waals surface area contributed by atoms with Crippen LogP contribution in [0.2, 0.25) is 5.02 Å². The summed E-state index contributed by atoms with van der Waals surface area (Å²) < 4.78 is 11.8. The number of benzene rings is 2. The Balaban J connectivity index is 2.04. The van der Waals surface area contributed by atoms with Crippen molar-refractivity contribution in [2.24, 2.45) is 0 Å². The van der Waals surface area contributed by atoms with Crippen molar-refractivity contribution in [2.75, 3.05) is 26.7 Å². The first-order valence-corrected chi connectivity index (χ1v) is 9.50. The van der Waals surface area contributed by atoms with Gasteiger partial charge in [0.05, 0.1) is 6.61 Å². The van der Waals surface area contributed by atoms with Crippen LogP contribution in [0.25, 0.3) is 0 Å². The molecule has 0 atom stereocenters. The Morgan fingerprint density at radius 3 is 2.58 bits per heavy atom. The van der Waals surface area contributed by atoms with E-state index >= 15 is 0 Å². The third-order valence-corrected chi connectivity index (χ3v) is 4.34. The van der Waals surface area contributed by atoms with Crippen LogP contribution in [-0.2, 0) is 13.2 Å². The van der Waals surface area contributed by atoms with Gasteiger partial charge in [0.25, 0.3) is 0 Å². The van der Waals surface area contributed by atoms with Gasteiger partial charge in [-0.05, 0) is 57.6 Å². The highest BCUT2D eigenvalue weighted by Gasteiger charge is 2.11. The number of halogens is 1. The van der Waals surface area contributed by atoms with Gasteiger partial charge in [0, 0.05) is 17.6 Å². The average molecular weight is 377 g/mol. The third-order valence-electron chi connectivity index (χ3n) is 3.99. The van der Waals surface area contributed by atoms with Gasteiger partial charge in [0.2, 0.25) is 0 Å². The Kier molecular flexibility index (Phi) is 8.75. The first-order chi connectivity index (χ1) is 12.6. The van der Waals surface area contributed by atoms with Crippen molar-refractivity contribution in [3.63, 3.8) is 0 Å². The van der Waals surface area contributed by atoms with E-state index in [1.54, 1.807) is 0 Å². The molecule has 0 aliphatic heterocycles. The van der Waals surface area contributed by atoms with E-state index < -0.39 is 0 Å². The van der Waals surface area contributed by atoms with Crippen molar-refractivity contribution >= 4 is 11.6 Å². The average Bonchev–Trinajstić information content (AvgIpc) is 2.62. The SMILES string of the molecule is CCOc1cc(CNCCCNC)c(Cl)cc1OCc1cccc(C)c1. The van der Waals surface area contributed by atoms with Crippen molar-refractivity contribution in [1.29, 1.82) is 0 Å². The van der Waals surface area contributed by atoms with Gasteiger partial charge in [-0.3, -0.25) is 0 Å². The van der Waals surface area contributed by atoms with Crippen LogP contribution in [0, 0.1) is 6.92 Å². The molecule has 2 N–H and O–H groups in total. The monoisotopic (exact) mass is 376 g/mol. The number of nitrogens with one attached hydrogen (secondary N) is 2. The van der Waals surface area contributed by atoms with Crippen LogP contribution in [0.3, 0.4) is 0 Å². The third kappa shape index (κ3) is 6.52. The van der Waals surface area contributed by atoms with Gasteiger partial charge in [-0.1, -0.05) is 41.4 Å². The standard InChI is InChI=1S/C21H29ClN2O2/c1-4-25-20-12-18(14-24-10-6-9-23-3)19(22)13-21(20)26-15-17-8-5-7-16(2)11-17/h5,7-8,11-13,23-24H,4,6,9-10,14-15H2,1-3H3. The van der Waals surface area contributed by atoms with Crippen molar-refractivity contribution in [3.8, 4) is 11.5 Å². The number of hydrogen-bond acceptors (Lipinski definition) is 4. The highest BCUT2D eigenvalue weighted by molar-refractivity contribution is 6.31. The second-order valence-corrected chi connectivity index (χ2v) is 6.64. The second-order valence-electron chi connectivity index (χ2n) is 6.23. The lowest BCUT2D eigenvalue weighted by Crippen LogP contribution is -2.19. The van der Waals surface area contributed by atoms with Gasteiger partial charge in [0.15, 0.2) is 11.5 Å². The Hall–Kier alpha value is -1.75. The molecule has 0 aromatic heterocycles. The summed E-state index contributed by atoms with van der Waals surface area (Å²) in [6, 6.07) is 12.1. The summed E-state index contributed by atoms with van der Waals surface area (Å²) in [6.45, 7) is 7.75. The molecular weight excluding hydrogens is 348 g/mol. The van der Waals surface area contributed by atoms with Crippen LogP contribution in [0.4, 0.5) is 0 Å². The summed E-state index contributed by atoms with van der Waals surface area (Å²) in [5.74, 6) is 1.41. The normalized spacial score (nSPS) is 10.8. The van der Waals surface area contributed by atoms with Gasteiger partial charge in [0.1, 0.15) is 6.61 Å². The summed E-state index contributed by atoms with van der Waals surface area (Å²) in [6.07, 6.45) is 1.07. The molecule has 0 saturated heterocycles. The van der Waals surface area contributed by atoms with Gasteiger partial charge < -0.3 is 20.1 Å². The van der Waals surface area contributed by atoms with Gasteiger partial charge in [-0.2, -0.15) is 0 Å².